The lowest BCUT2D eigenvalue weighted by atomic mass is 9.39. The van der Waals surface area contributed by atoms with E-state index in [9.17, 15) is 29.4 Å². The Morgan fingerprint density at radius 1 is 0.939 bits per heavy atom. The number of nitrogens with one attached hydrogen (secondary N) is 1. The standard InChI is InChI=1S/C36H51NO12/c1-10-37-12-44-27-19-20(32(6)17(24(27)40)11-18-26(47-18)30(32)46-16(5)39)13(2)28(45-15(4)38)33(7)21-14(3)29-36(48-29)34(8,23(21)25(41)22(19)33)35(9,43)31(42)49-36/h13-14,17-23,25-30,37,41,43H,10-12H2,1-9H3/t13-,14-,17+,18-,19+,20-,21-,22+,23-,25+,26-,27+,28-,29+,30-,32-,33+,34-,35+,36-/m0/s1. The fraction of sp³-hybridized carbons (Fsp3) is 0.889. The van der Waals surface area contributed by atoms with E-state index in [-0.39, 0.29) is 30.6 Å². The maximum Gasteiger partial charge on any atom is 0.341 e. The van der Waals surface area contributed by atoms with Crippen LogP contribution in [0.5, 0.6) is 0 Å². The number of epoxide rings is 2. The quantitative estimate of drug-likeness (QED) is 0.120. The molecule has 13 nitrogen and oxygen atoms in total. The number of ether oxygens (including phenoxy) is 6. The molecule has 0 aromatic carbocycles. The van der Waals surface area contributed by atoms with E-state index >= 15 is 0 Å². The van der Waals surface area contributed by atoms with Gasteiger partial charge in [0.25, 0.3) is 0 Å². The Morgan fingerprint density at radius 3 is 2.22 bits per heavy atom. The predicted octanol–water partition coefficient (Wildman–Crippen LogP) is 1.35. The van der Waals surface area contributed by atoms with Gasteiger partial charge in [-0.15, -0.1) is 0 Å². The van der Waals surface area contributed by atoms with E-state index in [1.165, 1.54) is 20.8 Å². The first-order valence-corrected chi connectivity index (χ1v) is 18.0. The minimum absolute atomic E-state index is 0.105. The van der Waals surface area contributed by atoms with Crippen molar-refractivity contribution >= 4 is 23.7 Å². The molecule has 20 atom stereocenters. The summed E-state index contributed by atoms with van der Waals surface area (Å²) in [5, 5.41) is 28.1. The highest BCUT2D eigenvalue weighted by atomic mass is 16.8. The number of aliphatic hydroxyl groups is 2. The van der Waals surface area contributed by atoms with Gasteiger partial charge in [0.1, 0.15) is 30.5 Å². The number of ketones is 1. The Bertz CT molecular complexity index is 1500. The zero-order valence-electron chi connectivity index (χ0n) is 29.8. The lowest BCUT2D eigenvalue weighted by Gasteiger charge is -2.66. The summed E-state index contributed by atoms with van der Waals surface area (Å²) in [5.41, 5.74) is -5.29. The monoisotopic (exact) mass is 689 g/mol. The van der Waals surface area contributed by atoms with E-state index in [0.29, 0.717) is 13.0 Å². The molecule has 3 N–H and O–H groups in total. The van der Waals surface area contributed by atoms with Crippen molar-refractivity contribution < 1.29 is 57.8 Å². The number of aliphatic hydroxyl groups excluding tert-OH is 1. The minimum atomic E-state index is -2.00. The average molecular weight is 690 g/mol. The van der Waals surface area contributed by atoms with Crippen LogP contribution in [0.25, 0.3) is 0 Å². The zero-order valence-corrected chi connectivity index (χ0v) is 29.8. The second-order valence-corrected chi connectivity index (χ2v) is 17.2. The smallest absolute Gasteiger partial charge is 0.341 e. The molecule has 3 heterocycles. The van der Waals surface area contributed by atoms with Crippen molar-refractivity contribution in [2.75, 3.05) is 13.3 Å². The number of fused-ring (bicyclic) bond motifs is 9. The van der Waals surface area contributed by atoms with Crippen LogP contribution in [-0.4, -0.2) is 101 Å². The normalized spacial score (nSPS) is 58.8. The molecule has 0 bridgehead atoms. The Balaban J connectivity index is 1.35. The number of Topliss-reactive ketones (excluding diaryl/α,β-unsaturated/α-hetero) is 1. The first kappa shape index (κ1) is 34.0. The Hall–Kier alpha value is -2.16. The highest BCUT2D eigenvalue weighted by Crippen LogP contribution is 2.81. The van der Waals surface area contributed by atoms with Gasteiger partial charge in [-0.1, -0.05) is 34.6 Å². The summed E-state index contributed by atoms with van der Waals surface area (Å²) in [5.74, 6) is -7.46. The van der Waals surface area contributed by atoms with Crippen LogP contribution in [0.15, 0.2) is 0 Å². The average Bonchev–Trinajstić information content (AvgIpc) is 3.92. The molecule has 49 heavy (non-hydrogen) atoms. The van der Waals surface area contributed by atoms with E-state index < -0.39 is 117 Å². The SMILES string of the molecule is CCNCO[C@H]1C(=O)[C@H]2C[C@@H]3O[C@@H]3[C@H](OC(C)=O)[C@]2(C)[C@H]2[C@H](C)[C@H](OC(C)=O)[C@@]3(C)[C@@H]([C@@H](O)[C@@H]4[C@@H]3[C@H](C)[C@H]3O[C@]35OC(=O)[C@@](C)(O)[C@]45C)[C@@H]21. The second-order valence-electron chi connectivity index (χ2n) is 17.2. The molecule has 0 radical (unpaired) electrons. The number of esters is 3. The van der Waals surface area contributed by atoms with Crippen LogP contribution in [0, 0.1) is 63.6 Å². The number of carbonyl (C=O) groups is 4. The molecule has 8 aliphatic rings. The fourth-order valence-corrected chi connectivity index (χ4v) is 13.6. The largest absolute Gasteiger partial charge is 0.462 e. The third-order valence-corrected chi connectivity index (χ3v) is 15.4. The number of carbonyl (C=O) groups excluding carboxylic acids is 4. The molecule has 3 saturated heterocycles. The maximum atomic E-state index is 15.0. The summed E-state index contributed by atoms with van der Waals surface area (Å²) in [6.45, 7) is 16.6. The van der Waals surface area contributed by atoms with Gasteiger partial charge in [0.05, 0.1) is 24.4 Å². The van der Waals surface area contributed by atoms with Crippen LogP contribution in [0.4, 0.5) is 0 Å². The van der Waals surface area contributed by atoms with Crippen molar-refractivity contribution in [1.29, 1.82) is 0 Å². The van der Waals surface area contributed by atoms with Crippen LogP contribution in [-0.2, 0) is 47.6 Å². The third kappa shape index (κ3) is 3.77. The van der Waals surface area contributed by atoms with Gasteiger partial charge in [-0.3, -0.25) is 19.7 Å². The van der Waals surface area contributed by atoms with Gasteiger partial charge in [-0.25, -0.2) is 4.79 Å². The molecule has 0 unspecified atom stereocenters. The van der Waals surface area contributed by atoms with Gasteiger partial charge in [0, 0.05) is 48.3 Å². The van der Waals surface area contributed by atoms with Gasteiger partial charge in [0.15, 0.2) is 11.4 Å². The molecule has 272 valence electrons. The van der Waals surface area contributed by atoms with Crippen molar-refractivity contribution in [2.24, 2.45) is 63.6 Å². The maximum absolute atomic E-state index is 15.0. The van der Waals surface area contributed by atoms with Crippen LogP contribution < -0.4 is 5.32 Å². The molecule has 1 spiro atoms. The van der Waals surface area contributed by atoms with Crippen LogP contribution in [0.1, 0.15) is 68.7 Å². The zero-order chi connectivity index (χ0) is 35.5. The molecule has 8 fully saturated rings. The molecular formula is C36H51NO12. The summed E-state index contributed by atoms with van der Waals surface area (Å²) in [6.07, 6.45) is -4.33. The fourth-order valence-electron chi connectivity index (χ4n) is 13.6. The van der Waals surface area contributed by atoms with Gasteiger partial charge in [-0.2, -0.15) is 0 Å². The molecular weight excluding hydrogens is 638 g/mol. The van der Waals surface area contributed by atoms with Gasteiger partial charge in [-0.05, 0) is 50.5 Å². The van der Waals surface area contributed by atoms with Gasteiger partial charge < -0.3 is 38.6 Å². The molecule has 3 aliphatic heterocycles. The number of rotatable bonds is 6. The van der Waals surface area contributed by atoms with Gasteiger partial charge in [0.2, 0.25) is 5.79 Å². The van der Waals surface area contributed by atoms with E-state index in [0.717, 1.165) is 0 Å². The topological polar surface area (TPSA) is 183 Å². The molecule has 5 saturated carbocycles. The van der Waals surface area contributed by atoms with E-state index in [2.05, 4.69) is 5.32 Å². The van der Waals surface area contributed by atoms with Crippen molar-refractivity contribution in [1.82, 2.24) is 5.32 Å². The molecule has 0 aromatic rings. The molecule has 13 heteroatoms. The summed E-state index contributed by atoms with van der Waals surface area (Å²) in [7, 11) is 0. The number of hydrogen-bond donors (Lipinski definition) is 3. The van der Waals surface area contributed by atoms with Crippen molar-refractivity contribution in [3.8, 4) is 0 Å². The Labute approximate surface area is 286 Å². The highest BCUT2D eigenvalue weighted by molar-refractivity contribution is 5.88. The summed E-state index contributed by atoms with van der Waals surface area (Å²) in [6, 6.07) is 0. The van der Waals surface area contributed by atoms with Crippen LogP contribution in [0.3, 0.4) is 0 Å². The van der Waals surface area contributed by atoms with Crippen molar-refractivity contribution in [3.05, 3.63) is 0 Å². The molecule has 8 rings (SSSR count). The summed E-state index contributed by atoms with van der Waals surface area (Å²) < 4.78 is 37.2. The lowest BCUT2D eigenvalue weighted by molar-refractivity contribution is -0.257. The van der Waals surface area contributed by atoms with Gasteiger partial charge >= 0.3 is 17.9 Å². The predicted molar refractivity (Wildman–Crippen MR) is 167 cm³/mol. The molecule has 0 amide bonds. The van der Waals surface area contributed by atoms with Crippen molar-refractivity contribution in [2.45, 2.75) is 123 Å². The van der Waals surface area contributed by atoms with E-state index in [1.54, 1.807) is 6.92 Å². The lowest BCUT2D eigenvalue weighted by Crippen LogP contribution is -2.72. The Morgan fingerprint density at radius 2 is 1.59 bits per heavy atom. The number of hydrogen-bond acceptors (Lipinski definition) is 13. The molecule has 0 aromatic heterocycles. The first-order valence-electron chi connectivity index (χ1n) is 18.0. The summed E-state index contributed by atoms with van der Waals surface area (Å²) >= 11 is 0. The van der Waals surface area contributed by atoms with Crippen LogP contribution in [0.2, 0.25) is 0 Å². The van der Waals surface area contributed by atoms with E-state index in [1.807, 2.05) is 34.6 Å². The molecule has 5 aliphatic carbocycles. The van der Waals surface area contributed by atoms with Crippen LogP contribution >= 0.6 is 0 Å². The van der Waals surface area contributed by atoms with E-state index in [4.69, 9.17) is 28.4 Å². The highest BCUT2D eigenvalue weighted by Gasteiger charge is 2.92. The summed E-state index contributed by atoms with van der Waals surface area (Å²) in [4.78, 5) is 54.0. The second kappa shape index (κ2) is 10.2. The third-order valence-electron chi connectivity index (χ3n) is 15.4. The Kier molecular flexibility index (Phi) is 7.10. The first-order chi connectivity index (χ1) is 22.9. The van der Waals surface area contributed by atoms with Crippen molar-refractivity contribution in [3.63, 3.8) is 0 Å². The minimum Gasteiger partial charge on any atom is -0.462 e.